The molecule has 2 amide bonds. The Morgan fingerprint density at radius 1 is 0.961 bits per heavy atom. The van der Waals surface area contributed by atoms with Gasteiger partial charge in [-0.2, -0.15) is 0 Å². The van der Waals surface area contributed by atoms with Gasteiger partial charge in [-0.3, -0.25) is 24.0 Å². The minimum atomic E-state index is -4.57. The van der Waals surface area contributed by atoms with E-state index in [0.29, 0.717) is 16.3 Å². The Hall–Kier alpha value is -4.94. The number of nitrogens with zero attached hydrogens (tertiary/aromatic N) is 3. The Balaban J connectivity index is 1.60. The fraction of sp³-hybridized carbons (Fsp3) is 0.316. The summed E-state index contributed by atoms with van der Waals surface area (Å²) < 4.78 is 35.0. The van der Waals surface area contributed by atoms with E-state index in [0.717, 1.165) is 48.0 Å². The molecule has 0 spiro atoms. The average molecular weight is 733 g/mol. The second-order valence-electron chi connectivity index (χ2n) is 12.6. The van der Waals surface area contributed by atoms with Gasteiger partial charge in [0.15, 0.2) is 0 Å². The van der Waals surface area contributed by atoms with Crippen LogP contribution < -0.4 is 14.4 Å². The number of carbonyl (C=O) groups is 2. The topological polar surface area (TPSA) is 139 Å². The van der Waals surface area contributed by atoms with Crippen LogP contribution in [-0.2, 0) is 32.6 Å². The number of anilines is 1. The molecule has 11 nitrogen and oxygen atoms in total. The predicted octanol–water partition coefficient (Wildman–Crippen LogP) is 6.85. The highest BCUT2D eigenvalue weighted by Crippen LogP contribution is 2.30. The number of methoxy groups -OCH3 is 1. The molecule has 0 radical (unpaired) electrons. The van der Waals surface area contributed by atoms with Crippen LogP contribution in [0.25, 0.3) is 0 Å². The molecule has 5 rings (SSSR count). The Morgan fingerprint density at radius 2 is 1.63 bits per heavy atom. The molecule has 4 aromatic rings. The lowest BCUT2D eigenvalue weighted by Gasteiger charge is -2.35. The summed E-state index contributed by atoms with van der Waals surface area (Å²) in [4.78, 5) is 41.2. The number of hydrogen-bond donors (Lipinski definition) is 1. The number of amides is 2. The van der Waals surface area contributed by atoms with Gasteiger partial charge in [-0.15, -0.1) is 0 Å². The van der Waals surface area contributed by atoms with Crippen LogP contribution >= 0.6 is 11.6 Å². The number of aryl methyl sites for hydroxylation is 1. The summed E-state index contributed by atoms with van der Waals surface area (Å²) in [7, 11) is -3.10. The van der Waals surface area contributed by atoms with Gasteiger partial charge >= 0.3 is 0 Å². The van der Waals surface area contributed by atoms with Crippen LogP contribution in [0.5, 0.6) is 5.75 Å². The van der Waals surface area contributed by atoms with Crippen LogP contribution in [0.3, 0.4) is 0 Å². The van der Waals surface area contributed by atoms with Crippen molar-refractivity contribution < 1.29 is 27.7 Å². The van der Waals surface area contributed by atoms with E-state index in [1.165, 1.54) is 43.2 Å². The van der Waals surface area contributed by atoms with Gasteiger partial charge in [-0.05, 0) is 67.3 Å². The molecule has 0 aliphatic heterocycles. The van der Waals surface area contributed by atoms with Crippen molar-refractivity contribution in [3.05, 3.63) is 129 Å². The molecule has 0 bridgehead atoms. The van der Waals surface area contributed by atoms with Crippen molar-refractivity contribution in [1.82, 2.24) is 10.2 Å². The quantitative estimate of drug-likeness (QED) is 0.111. The smallest absolute Gasteiger partial charge is 0.273 e. The number of hydrogen-bond acceptors (Lipinski definition) is 7. The molecule has 1 aliphatic carbocycles. The zero-order chi connectivity index (χ0) is 36.5. The Morgan fingerprint density at radius 3 is 2.27 bits per heavy atom. The number of nitro groups is 1. The lowest BCUT2D eigenvalue weighted by molar-refractivity contribution is -0.385. The second-order valence-corrected chi connectivity index (χ2v) is 14.8. The third-order valence-electron chi connectivity index (χ3n) is 9.13. The number of rotatable bonds is 14. The van der Waals surface area contributed by atoms with Crippen molar-refractivity contribution in [3.8, 4) is 5.75 Å². The number of sulfonamides is 1. The van der Waals surface area contributed by atoms with Crippen LogP contribution in [-0.4, -0.2) is 55.8 Å². The van der Waals surface area contributed by atoms with E-state index in [1.807, 2.05) is 30.3 Å². The van der Waals surface area contributed by atoms with Gasteiger partial charge in [-0.25, -0.2) is 8.42 Å². The highest BCUT2D eigenvalue weighted by Gasteiger charge is 2.36. The monoisotopic (exact) mass is 732 g/mol. The first-order valence-electron chi connectivity index (χ1n) is 16.8. The van der Waals surface area contributed by atoms with Gasteiger partial charge in [0.05, 0.1) is 22.6 Å². The number of halogens is 1. The van der Waals surface area contributed by atoms with E-state index in [1.54, 1.807) is 36.4 Å². The summed E-state index contributed by atoms with van der Waals surface area (Å²) in [6, 6.07) is 24.9. The zero-order valence-corrected chi connectivity index (χ0v) is 30.1. The van der Waals surface area contributed by atoms with E-state index >= 15 is 0 Å². The van der Waals surface area contributed by atoms with E-state index in [2.05, 4.69) is 5.32 Å². The van der Waals surface area contributed by atoms with Crippen molar-refractivity contribution in [2.24, 2.45) is 0 Å². The molecule has 1 atom stereocenters. The van der Waals surface area contributed by atoms with Gasteiger partial charge in [0, 0.05) is 35.7 Å². The molecule has 1 fully saturated rings. The Bertz CT molecular complexity index is 1950. The summed E-state index contributed by atoms with van der Waals surface area (Å²) in [6.07, 6.45) is 4.89. The molecule has 0 saturated heterocycles. The maximum atomic E-state index is 14.8. The van der Waals surface area contributed by atoms with E-state index in [9.17, 15) is 28.1 Å². The van der Waals surface area contributed by atoms with Crippen LogP contribution in [0.1, 0.15) is 48.8 Å². The molecule has 1 aliphatic rings. The lowest BCUT2D eigenvalue weighted by Crippen LogP contribution is -2.55. The first kappa shape index (κ1) is 37.3. The molecule has 13 heteroatoms. The summed E-state index contributed by atoms with van der Waals surface area (Å²) >= 11 is 6.60. The third-order valence-corrected chi connectivity index (χ3v) is 11.3. The molecule has 268 valence electrons. The maximum absolute atomic E-state index is 14.8. The van der Waals surface area contributed by atoms with Crippen molar-refractivity contribution in [1.29, 1.82) is 0 Å². The minimum Gasteiger partial charge on any atom is -0.497 e. The SMILES string of the molecule is COc1ccc(N(CC(=O)N(Cc2ccccc2Cl)[C@@H](Cc2ccccc2)C(=O)NC2CCCCC2)S(=O)(=O)c2ccc(C)c([N+](=O)[O-])c2)cc1. The summed E-state index contributed by atoms with van der Waals surface area (Å²) in [5.41, 5.74) is 1.41. The number of nitrogens with one attached hydrogen (secondary N) is 1. The zero-order valence-electron chi connectivity index (χ0n) is 28.5. The lowest BCUT2D eigenvalue weighted by atomic mass is 9.94. The van der Waals surface area contributed by atoms with Crippen LogP contribution in [0.15, 0.2) is 102 Å². The molecule has 0 heterocycles. The first-order chi connectivity index (χ1) is 24.5. The first-order valence-corrected chi connectivity index (χ1v) is 18.6. The second kappa shape index (κ2) is 16.8. The van der Waals surface area contributed by atoms with Crippen molar-refractivity contribution in [3.63, 3.8) is 0 Å². The fourth-order valence-electron chi connectivity index (χ4n) is 6.26. The van der Waals surface area contributed by atoms with Crippen molar-refractivity contribution >= 4 is 44.8 Å². The fourth-order valence-corrected chi connectivity index (χ4v) is 7.89. The highest BCUT2D eigenvalue weighted by atomic mass is 35.5. The molecular weight excluding hydrogens is 692 g/mol. The number of ether oxygens (including phenoxy) is 1. The maximum Gasteiger partial charge on any atom is 0.273 e. The largest absolute Gasteiger partial charge is 0.497 e. The van der Waals surface area contributed by atoms with Crippen LogP contribution in [0.2, 0.25) is 5.02 Å². The molecule has 0 unspecified atom stereocenters. The summed E-state index contributed by atoms with van der Waals surface area (Å²) in [5, 5.41) is 15.3. The number of benzene rings is 4. The molecule has 1 saturated carbocycles. The minimum absolute atomic E-state index is 0.0460. The average Bonchev–Trinajstić information content (AvgIpc) is 3.13. The summed E-state index contributed by atoms with van der Waals surface area (Å²) in [6.45, 7) is 0.709. The third kappa shape index (κ3) is 9.25. The van der Waals surface area contributed by atoms with E-state index < -0.39 is 33.4 Å². The van der Waals surface area contributed by atoms with Crippen molar-refractivity contribution in [2.75, 3.05) is 18.0 Å². The number of nitro benzene ring substituents is 1. The molecule has 1 N–H and O–H groups in total. The predicted molar refractivity (Wildman–Crippen MR) is 196 cm³/mol. The Labute approximate surface area is 303 Å². The Kier molecular flexibility index (Phi) is 12.3. The molecule has 51 heavy (non-hydrogen) atoms. The normalized spacial score (nSPS) is 13.9. The molecule has 0 aromatic heterocycles. The van der Waals surface area contributed by atoms with Gasteiger partial charge < -0.3 is 15.0 Å². The van der Waals surface area contributed by atoms with Gasteiger partial charge in [0.25, 0.3) is 15.7 Å². The van der Waals surface area contributed by atoms with Gasteiger partial charge in [0.1, 0.15) is 18.3 Å². The van der Waals surface area contributed by atoms with Crippen molar-refractivity contribution in [2.45, 2.75) is 69.0 Å². The molecule has 4 aromatic carbocycles. The number of carbonyl (C=O) groups excluding carboxylic acids is 2. The van der Waals surface area contributed by atoms with Crippen LogP contribution in [0.4, 0.5) is 11.4 Å². The standard InChI is InChI=1S/C38H41ClN4O7S/c1-27-17-22-33(24-35(27)43(46)47)51(48,49)42(31-18-20-32(50-2)21-19-31)26-37(44)41(25-29-13-9-10-16-34(29)39)36(23-28-11-5-3-6-12-28)38(45)40-30-14-7-4-8-15-30/h3,5-6,9-13,16-22,24,30,36H,4,7-8,14-15,23,25-26H2,1-2H3,(H,40,45)/t36-/m0/s1. The van der Waals surface area contributed by atoms with E-state index in [-0.39, 0.29) is 46.7 Å². The highest BCUT2D eigenvalue weighted by molar-refractivity contribution is 7.92. The van der Waals surface area contributed by atoms with Gasteiger partial charge in [-0.1, -0.05) is 85.5 Å². The van der Waals surface area contributed by atoms with Gasteiger partial charge in [0.2, 0.25) is 11.8 Å². The van der Waals surface area contributed by atoms with E-state index in [4.69, 9.17) is 16.3 Å². The van der Waals surface area contributed by atoms with Crippen LogP contribution in [0, 0.1) is 17.0 Å². The summed E-state index contributed by atoms with van der Waals surface area (Å²) in [5.74, 6) is -0.564. The molecular formula is C38H41ClN4O7S.